The number of nitrogens with one attached hydrogen (secondary N) is 1. The van der Waals surface area contributed by atoms with Gasteiger partial charge in [-0.05, 0) is 22.0 Å². The number of nitrogens with zero attached hydrogens (tertiary/aromatic N) is 1. The number of hydrogen-bond acceptors (Lipinski definition) is 3. The number of halogens is 2. The minimum Gasteiger partial charge on any atom is -0.390 e. The van der Waals surface area contributed by atoms with Gasteiger partial charge in [0.1, 0.15) is 10.2 Å². The van der Waals surface area contributed by atoms with Crippen LogP contribution in [0.1, 0.15) is 5.69 Å². The lowest BCUT2D eigenvalue weighted by molar-refractivity contribution is 0.277. The Kier molecular flexibility index (Phi) is 2.92. The predicted octanol–water partition coefficient (Wildman–Crippen LogP) is 3.05. The topological polar surface area (TPSA) is 48.9 Å². The van der Waals surface area contributed by atoms with Crippen molar-refractivity contribution in [2.45, 2.75) is 6.61 Å². The van der Waals surface area contributed by atoms with Crippen molar-refractivity contribution in [3.05, 3.63) is 26.8 Å². The van der Waals surface area contributed by atoms with Gasteiger partial charge in [-0.25, -0.2) is 4.98 Å². The fourth-order valence-electron chi connectivity index (χ4n) is 1.03. The third kappa shape index (κ3) is 1.86. The zero-order valence-electron chi connectivity index (χ0n) is 6.92. The highest BCUT2D eigenvalue weighted by molar-refractivity contribution is 9.10. The number of rotatable bonds is 2. The number of aliphatic hydroxyl groups excluding tert-OH is 1. The molecule has 2 heterocycles. The summed E-state index contributed by atoms with van der Waals surface area (Å²) in [6.45, 7) is -0.0344. The van der Waals surface area contributed by atoms with Gasteiger partial charge in [-0.15, -0.1) is 11.3 Å². The van der Waals surface area contributed by atoms with E-state index in [-0.39, 0.29) is 6.61 Å². The first-order valence-electron chi connectivity index (χ1n) is 3.80. The molecule has 14 heavy (non-hydrogen) atoms. The van der Waals surface area contributed by atoms with Crippen molar-refractivity contribution in [1.82, 2.24) is 9.97 Å². The lowest BCUT2D eigenvalue weighted by atomic mass is 10.4. The van der Waals surface area contributed by atoms with Gasteiger partial charge >= 0.3 is 0 Å². The normalized spacial score (nSPS) is 10.8. The Bertz CT molecular complexity index is 434. The Morgan fingerprint density at radius 2 is 2.43 bits per heavy atom. The summed E-state index contributed by atoms with van der Waals surface area (Å²) in [6.07, 6.45) is 1.61. The number of aromatic nitrogens is 2. The molecule has 2 aromatic heterocycles. The summed E-state index contributed by atoms with van der Waals surface area (Å²) in [5, 5.41) is 8.85. The first-order valence-corrected chi connectivity index (χ1v) is 5.79. The molecule has 0 fully saturated rings. The van der Waals surface area contributed by atoms with Crippen molar-refractivity contribution in [2.24, 2.45) is 0 Å². The molecule has 0 saturated heterocycles. The van der Waals surface area contributed by atoms with Gasteiger partial charge in [0, 0.05) is 4.47 Å². The molecule has 2 rings (SSSR count). The molecule has 2 aromatic rings. The molecule has 0 radical (unpaired) electrons. The van der Waals surface area contributed by atoms with Gasteiger partial charge in [-0.3, -0.25) is 0 Å². The van der Waals surface area contributed by atoms with Gasteiger partial charge in [0.25, 0.3) is 0 Å². The summed E-state index contributed by atoms with van der Waals surface area (Å²) in [5.74, 6) is 0.728. The highest BCUT2D eigenvalue weighted by atomic mass is 79.9. The Morgan fingerprint density at radius 1 is 1.64 bits per heavy atom. The van der Waals surface area contributed by atoms with E-state index in [0.717, 1.165) is 15.2 Å². The molecule has 0 unspecified atom stereocenters. The van der Waals surface area contributed by atoms with E-state index in [1.54, 1.807) is 6.20 Å². The third-order valence-electron chi connectivity index (χ3n) is 1.68. The summed E-state index contributed by atoms with van der Waals surface area (Å²) in [7, 11) is 0. The largest absolute Gasteiger partial charge is 0.390 e. The molecule has 74 valence electrons. The maximum atomic E-state index is 8.85. The van der Waals surface area contributed by atoms with Crippen molar-refractivity contribution < 1.29 is 5.11 Å². The van der Waals surface area contributed by atoms with Crippen molar-refractivity contribution in [3.8, 4) is 10.7 Å². The van der Waals surface area contributed by atoms with Crippen LogP contribution in [0.2, 0.25) is 4.34 Å². The minimum atomic E-state index is -0.0344. The molecule has 2 N–H and O–H groups in total. The molecule has 6 heteroatoms. The fourth-order valence-corrected chi connectivity index (χ4v) is 2.68. The van der Waals surface area contributed by atoms with E-state index >= 15 is 0 Å². The van der Waals surface area contributed by atoms with Crippen molar-refractivity contribution in [3.63, 3.8) is 0 Å². The smallest absolute Gasteiger partial charge is 0.147 e. The number of thiophene rings is 1. The van der Waals surface area contributed by atoms with Gasteiger partial charge in [0.05, 0.1) is 23.4 Å². The molecule has 3 nitrogen and oxygen atoms in total. The van der Waals surface area contributed by atoms with Crippen LogP contribution in [0.3, 0.4) is 0 Å². The second kappa shape index (κ2) is 4.02. The predicted molar refractivity (Wildman–Crippen MR) is 60.5 cm³/mol. The number of imidazole rings is 1. The van der Waals surface area contributed by atoms with Crippen molar-refractivity contribution in [2.75, 3.05) is 0 Å². The molecule has 0 aliphatic heterocycles. The van der Waals surface area contributed by atoms with Crippen LogP contribution in [0.5, 0.6) is 0 Å². The first kappa shape index (κ1) is 10.2. The second-order valence-electron chi connectivity index (χ2n) is 2.65. The quantitative estimate of drug-likeness (QED) is 0.894. The van der Waals surface area contributed by atoms with Crippen LogP contribution in [0.4, 0.5) is 0 Å². The van der Waals surface area contributed by atoms with Crippen LogP contribution in [-0.4, -0.2) is 15.1 Å². The number of aromatic amines is 1. The Labute approximate surface area is 97.9 Å². The van der Waals surface area contributed by atoms with Crippen LogP contribution < -0.4 is 0 Å². The van der Waals surface area contributed by atoms with E-state index in [4.69, 9.17) is 16.7 Å². The molecule has 0 amide bonds. The summed E-state index contributed by atoms with van der Waals surface area (Å²) < 4.78 is 1.56. The van der Waals surface area contributed by atoms with Gasteiger partial charge in [0.15, 0.2) is 0 Å². The maximum absolute atomic E-state index is 8.85. The number of aliphatic hydroxyl groups is 1. The average Bonchev–Trinajstić information content (AvgIpc) is 2.74. The molecule has 0 aromatic carbocycles. The third-order valence-corrected chi connectivity index (χ3v) is 4.16. The first-order chi connectivity index (χ1) is 6.70. The summed E-state index contributed by atoms with van der Waals surface area (Å²) in [5.41, 5.74) is 0.695. The molecule has 0 bridgehead atoms. The Hall–Kier alpha value is -0.360. The minimum absolute atomic E-state index is 0.0344. The van der Waals surface area contributed by atoms with E-state index in [0.29, 0.717) is 10.0 Å². The maximum Gasteiger partial charge on any atom is 0.147 e. The van der Waals surface area contributed by atoms with Gasteiger partial charge in [0.2, 0.25) is 0 Å². The average molecular weight is 294 g/mol. The summed E-state index contributed by atoms with van der Waals surface area (Å²) in [6, 6.07) is 1.90. The number of hydrogen-bond donors (Lipinski definition) is 2. The Morgan fingerprint density at radius 3 is 2.93 bits per heavy atom. The van der Waals surface area contributed by atoms with Crippen LogP contribution >= 0.6 is 38.9 Å². The SMILES string of the molecule is OCc1cnc(-c2cc(Br)c(Cl)s2)[nH]1. The molecule has 0 spiro atoms. The molecule has 0 atom stereocenters. The molecule has 0 aliphatic carbocycles. The lowest BCUT2D eigenvalue weighted by Gasteiger charge is -1.88. The molecule has 0 saturated carbocycles. The van der Waals surface area contributed by atoms with E-state index in [2.05, 4.69) is 25.9 Å². The Balaban J connectivity index is 2.39. The molecule has 0 aliphatic rings. The lowest BCUT2D eigenvalue weighted by Crippen LogP contribution is -1.80. The standard InChI is InChI=1S/C8H6BrClN2OS/c9-5-1-6(14-7(5)10)8-11-2-4(3-13)12-8/h1-2,13H,3H2,(H,11,12). The van der Waals surface area contributed by atoms with E-state index in [9.17, 15) is 0 Å². The summed E-state index contributed by atoms with van der Waals surface area (Å²) >= 11 is 10.7. The fraction of sp³-hybridized carbons (Fsp3) is 0.125. The van der Waals surface area contributed by atoms with Crippen molar-refractivity contribution >= 4 is 38.9 Å². The number of H-pyrrole nitrogens is 1. The van der Waals surface area contributed by atoms with E-state index in [1.807, 2.05) is 6.07 Å². The van der Waals surface area contributed by atoms with Crippen molar-refractivity contribution in [1.29, 1.82) is 0 Å². The van der Waals surface area contributed by atoms with Crippen LogP contribution in [0.15, 0.2) is 16.7 Å². The van der Waals surface area contributed by atoms with E-state index in [1.165, 1.54) is 11.3 Å². The molecular weight excluding hydrogens is 288 g/mol. The summed E-state index contributed by atoms with van der Waals surface area (Å²) in [4.78, 5) is 8.06. The van der Waals surface area contributed by atoms with Crippen LogP contribution in [0, 0.1) is 0 Å². The highest BCUT2D eigenvalue weighted by Crippen LogP contribution is 2.36. The van der Waals surface area contributed by atoms with Gasteiger partial charge in [-0.1, -0.05) is 11.6 Å². The second-order valence-corrected chi connectivity index (χ2v) is 5.16. The monoisotopic (exact) mass is 292 g/mol. The van der Waals surface area contributed by atoms with Gasteiger partial charge in [-0.2, -0.15) is 0 Å². The van der Waals surface area contributed by atoms with Gasteiger partial charge < -0.3 is 10.1 Å². The molecular formula is C8H6BrClN2OS. The van der Waals surface area contributed by atoms with E-state index < -0.39 is 0 Å². The van der Waals surface area contributed by atoms with Crippen LogP contribution in [-0.2, 0) is 6.61 Å². The highest BCUT2D eigenvalue weighted by Gasteiger charge is 2.09. The zero-order chi connectivity index (χ0) is 10.1. The van der Waals surface area contributed by atoms with Crippen LogP contribution in [0.25, 0.3) is 10.7 Å². The zero-order valence-corrected chi connectivity index (χ0v) is 10.1.